The molecular weight excluding hydrogens is 561 g/mol. The highest BCUT2D eigenvalue weighted by Gasteiger charge is 2.54. The third kappa shape index (κ3) is 5.34. The number of nitrogens with zero attached hydrogens (tertiary/aromatic N) is 7. The minimum Gasteiger partial charge on any atom is -0.391 e. The van der Waals surface area contributed by atoms with E-state index in [1.54, 1.807) is 30.2 Å². The van der Waals surface area contributed by atoms with Crippen LogP contribution < -0.4 is 10.2 Å². The summed E-state index contributed by atoms with van der Waals surface area (Å²) in [7, 11) is 0. The first-order valence-electron chi connectivity index (χ1n) is 12.9. The van der Waals surface area contributed by atoms with E-state index in [1.807, 2.05) is 0 Å². The third-order valence-electron chi connectivity index (χ3n) is 7.37. The first-order chi connectivity index (χ1) is 19.7. The van der Waals surface area contributed by atoms with Gasteiger partial charge >= 0.3 is 0 Å². The minimum absolute atomic E-state index is 0.0318. The Labute approximate surface area is 237 Å². The molecule has 41 heavy (non-hydrogen) atoms. The van der Waals surface area contributed by atoms with E-state index < -0.39 is 35.4 Å². The molecule has 2 N–H and O–H groups in total. The van der Waals surface area contributed by atoms with E-state index in [-0.39, 0.29) is 22.5 Å². The van der Waals surface area contributed by atoms with E-state index in [0.29, 0.717) is 30.0 Å². The van der Waals surface area contributed by atoms with Gasteiger partial charge in [0.15, 0.2) is 5.82 Å². The number of alkyl halides is 2. The Hall–Kier alpha value is -4.10. The molecule has 2 aliphatic rings. The number of aliphatic hydroxyl groups excluding tert-OH is 1. The Morgan fingerprint density at radius 1 is 1.20 bits per heavy atom. The highest BCUT2D eigenvalue weighted by molar-refractivity contribution is 6.31. The maximum Gasteiger partial charge on any atom is 0.275 e. The maximum absolute atomic E-state index is 14.7. The molecule has 1 unspecified atom stereocenters. The lowest BCUT2D eigenvalue weighted by molar-refractivity contribution is 0.102. The molecule has 1 aliphatic heterocycles. The molecule has 10 nitrogen and oxygen atoms in total. The van der Waals surface area contributed by atoms with Gasteiger partial charge in [-0.3, -0.25) is 14.5 Å². The molecule has 4 heterocycles. The van der Waals surface area contributed by atoms with Gasteiger partial charge in [-0.1, -0.05) is 17.7 Å². The zero-order valence-corrected chi connectivity index (χ0v) is 22.4. The zero-order chi connectivity index (χ0) is 28.8. The zero-order valence-electron chi connectivity index (χ0n) is 21.6. The van der Waals surface area contributed by atoms with Crippen molar-refractivity contribution < 1.29 is 23.1 Å². The number of aromatic nitrogens is 6. The summed E-state index contributed by atoms with van der Waals surface area (Å²) in [6.07, 6.45) is 6.33. The summed E-state index contributed by atoms with van der Waals surface area (Å²) in [5.41, 5.74) is -0.468. The lowest BCUT2D eigenvalue weighted by atomic mass is 10.0. The molecule has 1 aliphatic carbocycles. The molecule has 1 aromatic carbocycles. The normalized spacial score (nSPS) is 20.3. The summed E-state index contributed by atoms with van der Waals surface area (Å²) < 4.78 is 43.3. The number of carbonyl (C=O) groups excluding carboxylic acids is 1. The quantitative estimate of drug-likeness (QED) is 0.313. The number of benzene rings is 1. The second-order valence-electron chi connectivity index (χ2n) is 10.2. The number of rotatable bonds is 8. The van der Waals surface area contributed by atoms with Crippen molar-refractivity contribution in [3.63, 3.8) is 0 Å². The average molecular weight is 585 g/mol. The largest absolute Gasteiger partial charge is 0.391 e. The second kappa shape index (κ2) is 10.7. The van der Waals surface area contributed by atoms with Gasteiger partial charge in [0, 0.05) is 41.8 Å². The van der Waals surface area contributed by atoms with Crippen LogP contribution in [0.5, 0.6) is 0 Å². The Bertz CT molecular complexity index is 1600. The van der Waals surface area contributed by atoms with Crippen LogP contribution in [-0.4, -0.2) is 59.4 Å². The van der Waals surface area contributed by atoms with Gasteiger partial charge in [0.1, 0.15) is 5.69 Å². The lowest BCUT2D eigenvalue weighted by Gasteiger charge is -2.29. The van der Waals surface area contributed by atoms with Crippen LogP contribution in [-0.2, 0) is 6.54 Å². The molecule has 0 spiro atoms. The molecule has 2 fully saturated rings. The van der Waals surface area contributed by atoms with Crippen LogP contribution in [0.4, 0.5) is 24.8 Å². The smallest absolute Gasteiger partial charge is 0.275 e. The maximum atomic E-state index is 14.7. The number of hydrogen-bond donors (Lipinski definition) is 2. The SMILES string of the molecule is CC(O)[C@H]1[C@H]2C[C@H]2CN1c1ncc(Cn2cc(NC(=O)c3cncc(-c4c(C(F)F)ccc(Cl)c4F)n3)cn2)cn1. The highest BCUT2D eigenvalue weighted by Crippen LogP contribution is 2.51. The van der Waals surface area contributed by atoms with Crippen LogP contribution in [0.3, 0.4) is 0 Å². The van der Waals surface area contributed by atoms with Gasteiger partial charge in [0.05, 0.1) is 53.7 Å². The van der Waals surface area contributed by atoms with E-state index >= 15 is 0 Å². The standard InChI is InChI=1S/C27H24ClF3N8O2/c1-13(40)24-18-4-15(18)11-39(24)27-33-5-14(6-34-27)10-38-12-16(7-35-38)36-26(41)21-9-32-8-20(37-21)22-17(25(30)31)2-3-19(28)23(22)29/h2-3,5-9,12-13,15,18,24-25,40H,4,10-11H2,1H3,(H,36,41)/t13?,15-,18-,24-/m0/s1. The number of aliphatic hydroxyl groups is 1. The number of halogens is 4. The Kier molecular flexibility index (Phi) is 7.08. The van der Waals surface area contributed by atoms with Crippen molar-refractivity contribution in [2.45, 2.75) is 38.5 Å². The molecule has 14 heteroatoms. The lowest BCUT2D eigenvalue weighted by Crippen LogP contribution is -2.41. The van der Waals surface area contributed by atoms with Crippen molar-refractivity contribution >= 4 is 29.1 Å². The van der Waals surface area contributed by atoms with E-state index in [1.165, 1.54) is 6.20 Å². The molecule has 6 rings (SSSR count). The van der Waals surface area contributed by atoms with E-state index in [9.17, 15) is 23.1 Å². The fourth-order valence-corrected chi connectivity index (χ4v) is 5.57. The number of hydrogen-bond acceptors (Lipinski definition) is 8. The van der Waals surface area contributed by atoms with Crippen LogP contribution in [0.1, 0.15) is 41.4 Å². The van der Waals surface area contributed by atoms with Gasteiger partial charge in [-0.05, 0) is 31.2 Å². The Morgan fingerprint density at radius 3 is 2.71 bits per heavy atom. The van der Waals surface area contributed by atoms with Gasteiger partial charge in [0.2, 0.25) is 5.95 Å². The van der Waals surface area contributed by atoms with Gasteiger partial charge in [0.25, 0.3) is 12.3 Å². The van der Waals surface area contributed by atoms with Crippen molar-refractivity contribution in [1.82, 2.24) is 29.7 Å². The van der Waals surface area contributed by atoms with Crippen molar-refractivity contribution in [2.75, 3.05) is 16.8 Å². The van der Waals surface area contributed by atoms with Crippen molar-refractivity contribution in [3.05, 3.63) is 77.0 Å². The van der Waals surface area contributed by atoms with E-state index in [2.05, 4.69) is 35.3 Å². The van der Waals surface area contributed by atoms with Gasteiger partial charge in [-0.25, -0.2) is 28.1 Å². The summed E-state index contributed by atoms with van der Waals surface area (Å²) in [5, 5.41) is 16.7. The molecule has 212 valence electrons. The van der Waals surface area contributed by atoms with Crippen LogP contribution in [0.2, 0.25) is 5.02 Å². The summed E-state index contributed by atoms with van der Waals surface area (Å²) in [6.45, 7) is 2.98. The van der Waals surface area contributed by atoms with Gasteiger partial charge in [-0.15, -0.1) is 0 Å². The number of piperidine rings is 1. The predicted molar refractivity (Wildman–Crippen MR) is 143 cm³/mol. The number of nitrogens with one attached hydrogen (secondary N) is 1. The van der Waals surface area contributed by atoms with Crippen molar-refractivity contribution in [1.29, 1.82) is 0 Å². The number of carbonyl (C=O) groups is 1. The summed E-state index contributed by atoms with van der Waals surface area (Å²) in [6, 6.07) is 2.07. The Balaban J connectivity index is 1.13. The van der Waals surface area contributed by atoms with Crippen LogP contribution in [0.25, 0.3) is 11.3 Å². The molecule has 3 aromatic heterocycles. The van der Waals surface area contributed by atoms with Crippen molar-refractivity contribution in [2.24, 2.45) is 11.8 Å². The second-order valence-corrected chi connectivity index (χ2v) is 10.6. The fourth-order valence-electron chi connectivity index (χ4n) is 5.42. The number of fused-ring (bicyclic) bond motifs is 1. The monoisotopic (exact) mass is 584 g/mol. The average Bonchev–Trinajstić information content (AvgIpc) is 3.38. The van der Waals surface area contributed by atoms with Crippen molar-refractivity contribution in [3.8, 4) is 11.3 Å². The third-order valence-corrected chi connectivity index (χ3v) is 7.66. The van der Waals surface area contributed by atoms with E-state index in [0.717, 1.165) is 43.1 Å². The number of amides is 1. The molecular formula is C27H24ClF3N8O2. The molecule has 1 saturated heterocycles. The number of anilines is 2. The topological polar surface area (TPSA) is 122 Å². The summed E-state index contributed by atoms with van der Waals surface area (Å²) in [5.74, 6) is -0.0880. The molecule has 0 radical (unpaired) electrons. The summed E-state index contributed by atoms with van der Waals surface area (Å²) >= 11 is 5.80. The van der Waals surface area contributed by atoms with E-state index in [4.69, 9.17) is 11.6 Å². The summed E-state index contributed by atoms with van der Waals surface area (Å²) in [4.78, 5) is 31.8. The molecule has 4 atom stereocenters. The van der Waals surface area contributed by atoms with Gasteiger partial charge in [-0.2, -0.15) is 5.10 Å². The van der Waals surface area contributed by atoms with Crippen LogP contribution in [0.15, 0.2) is 49.3 Å². The minimum atomic E-state index is -2.99. The Morgan fingerprint density at radius 2 is 1.98 bits per heavy atom. The fraction of sp³-hybridized carbons (Fsp3) is 0.333. The molecule has 4 aromatic rings. The van der Waals surface area contributed by atoms with Gasteiger partial charge < -0.3 is 15.3 Å². The highest BCUT2D eigenvalue weighted by atomic mass is 35.5. The molecule has 1 amide bonds. The first-order valence-corrected chi connectivity index (χ1v) is 13.2. The first kappa shape index (κ1) is 27.1. The molecule has 0 bridgehead atoms. The van der Waals surface area contributed by atoms with Crippen LogP contribution in [0, 0.1) is 17.7 Å². The van der Waals surface area contributed by atoms with Crippen LogP contribution >= 0.6 is 11.6 Å². The molecule has 1 saturated carbocycles. The predicted octanol–water partition coefficient (Wildman–Crippen LogP) is 4.37.